The summed E-state index contributed by atoms with van der Waals surface area (Å²) in [4.78, 5) is 10.3. The minimum Gasteiger partial charge on any atom is -0.488 e. The van der Waals surface area contributed by atoms with Gasteiger partial charge in [0.05, 0.1) is 11.0 Å². The van der Waals surface area contributed by atoms with E-state index < -0.39 is 11.0 Å². The van der Waals surface area contributed by atoms with E-state index in [0.29, 0.717) is 11.3 Å². The lowest BCUT2D eigenvalue weighted by Gasteiger charge is -2.28. The number of rotatable bonds is 3. The van der Waals surface area contributed by atoms with Crippen molar-refractivity contribution < 1.29 is 14.8 Å². The van der Waals surface area contributed by atoms with Gasteiger partial charge < -0.3 is 9.84 Å². The largest absolute Gasteiger partial charge is 0.488 e. The van der Waals surface area contributed by atoms with Crippen molar-refractivity contribution in [1.82, 2.24) is 0 Å². The molecule has 1 aliphatic carbocycles. The summed E-state index contributed by atoms with van der Waals surface area (Å²) >= 11 is 0. The van der Waals surface area contributed by atoms with Crippen LogP contribution in [0.15, 0.2) is 18.2 Å². The molecule has 5 nitrogen and oxygen atoms in total. The van der Waals surface area contributed by atoms with Crippen LogP contribution in [0.3, 0.4) is 0 Å². The average molecular weight is 251 g/mol. The van der Waals surface area contributed by atoms with Gasteiger partial charge in [0.1, 0.15) is 11.9 Å². The molecule has 98 valence electrons. The monoisotopic (exact) mass is 251 g/mol. The first kappa shape index (κ1) is 12.8. The summed E-state index contributed by atoms with van der Waals surface area (Å²) < 4.78 is 5.71. The molecule has 1 saturated carbocycles. The Morgan fingerprint density at radius 1 is 1.39 bits per heavy atom. The smallest absolute Gasteiger partial charge is 0.272 e. The van der Waals surface area contributed by atoms with Crippen LogP contribution in [-0.2, 0) is 0 Å². The van der Waals surface area contributed by atoms with Crippen molar-refractivity contribution in [2.24, 2.45) is 0 Å². The van der Waals surface area contributed by atoms with Crippen LogP contribution in [0.25, 0.3) is 0 Å². The fraction of sp³-hybridized carbons (Fsp3) is 0.538. The van der Waals surface area contributed by atoms with Gasteiger partial charge in [-0.05, 0) is 38.3 Å². The molecule has 0 spiro atoms. The third kappa shape index (κ3) is 2.79. The number of ether oxygens (including phenoxy) is 1. The van der Waals surface area contributed by atoms with Crippen LogP contribution in [0.5, 0.6) is 5.75 Å². The van der Waals surface area contributed by atoms with Crippen molar-refractivity contribution in [3.63, 3.8) is 0 Å². The van der Waals surface area contributed by atoms with Crippen molar-refractivity contribution in [2.75, 3.05) is 0 Å². The summed E-state index contributed by atoms with van der Waals surface area (Å²) in [7, 11) is 0. The second-order valence-electron chi connectivity index (χ2n) is 4.71. The summed E-state index contributed by atoms with van der Waals surface area (Å²) in [6.45, 7) is 1.68. The van der Waals surface area contributed by atoms with Crippen molar-refractivity contribution in [2.45, 2.75) is 44.8 Å². The van der Waals surface area contributed by atoms with Crippen LogP contribution in [0.2, 0.25) is 0 Å². The molecule has 0 amide bonds. The molecule has 0 heterocycles. The Bertz CT molecular complexity index is 447. The van der Waals surface area contributed by atoms with Crippen LogP contribution in [0, 0.1) is 17.0 Å². The lowest BCUT2D eigenvalue weighted by Crippen LogP contribution is -2.34. The maximum absolute atomic E-state index is 10.7. The number of nitrogens with zero attached hydrogens (tertiary/aromatic N) is 1. The van der Waals surface area contributed by atoms with E-state index in [1.807, 2.05) is 0 Å². The molecule has 0 bridgehead atoms. The minimum atomic E-state index is -0.436. The molecule has 0 radical (unpaired) electrons. The first-order chi connectivity index (χ1) is 8.58. The van der Waals surface area contributed by atoms with Gasteiger partial charge in [0.2, 0.25) is 0 Å². The summed E-state index contributed by atoms with van der Waals surface area (Å²) in [6, 6.07) is 4.69. The number of aryl methyl sites for hydroxylation is 1. The molecule has 1 aromatic carbocycles. The quantitative estimate of drug-likeness (QED) is 0.662. The summed E-state index contributed by atoms with van der Waals surface area (Å²) in [5, 5.41) is 20.5. The van der Waals surface area contributed by atoms with Gasteiger partial charge in [0.15, 0.2) is 0 Å². The van der Waals surface area contributed by atoms with E-state index in [1.54, 1.807) is 19.1 Å². The van der Waals surface area contributed by atoms with E-state index in [-0.39, 0.29) is 11.8 Å². The SMILES string of the molecule is Cc1cc(OC2CCCCC2O)ccc1[N+](=O)[O-]. The average Bonchev–Trinajstić information content (AvgIpc) is 2.32. The predicted molar refractivity (Wildman–Crippen MR) is 66.7 cm³/mol. The second-order valence-corrected chi connectivity index (χ2v) is 4.71. The fourth-order valence-electron chi connectivity index (χ4n) is 2.30. The third-order valence-electron chi connectivity index (χ3n) is 3.32. The molecular formula is C13H17NO4. The molecule has 1 N–H and O–H groups in total. The Labute approximate surface area is 106 Å². The van der Waals surface area contributed by atoms with Crippen LogP contribution in [-0.4, -0.2) is 22.2 Å². The first-order valence-electron chi connectivity index (χ1n) is 6.17. The summed E-state index contributed by atoms with van der Waals surface area (Å²) in [5.74, 6) is 0.587. The maximum Gasteiger partial charge on any atom is 0.272 e. The zero-order valence-corrected chi connectivity index (χ0v) is 10.3. The lowest BCUT2D eigenvalue weighted by atomic mass is 9.95. The molecule has 1 aliphatic rings. The van der Waals surface area contributed by atoms with Crippen molar-refractivity contribution in [1.29, 1.82) is 0 Å². The Hall–Kier alpha value is -1.62. The molecule has 0 aromatic heterocycles. The normalized spacial score (nSPS) is 23.7. The molecule has 1 aromatic rings. The van der Waals surface area contributed by atoms with E-state index in [2.05, 4.69) is 0 Å². The van der Waals surface area contributed by atoms with Gasteiger partial charge in [0.25, 0.3) is 5.69 Å². The van der Waals surface area contributed by atoms with E-state index in [1.165, 1.54) is 6.07 Å². The second kappa shape index (κ2) is 5.35. The number of nitro benzene ring substituents is 1. The van der Waals surface area contributed by atoms with E-state index in [4.69, 9.17) is 4.74 Å². The Kier molecular flexibility index (Phi) is 3.81. The molecule has 0 aliphatic heterocycles. The van der Waals surface area contributed by atoms with Crippen LogP contribution >= 0.6 is 0 Å². The van der Waals surface area contributed by atoms with Crippen LogP contribution in [0.1, 0.15) is 31.2 Å². The molecule has 0 saturated heterocycles. The van der Waals surface area contributed by atoms with Gasteiger partial charge in [0, 0.05) is 11.6 Å². The highest BCUT2D eigenvalue weighted by atomic mass is 16.6. The molecule has 2 atom stereocenters. The molecule has 5 heteroatoms. The van der Waals surface area contributed by atoms with E-state index in [0.717, 1.165) is 25.7 Å². The summed E-state index contributed by atoms with van der Waals surface area (Å²) in [5.41, 5.74) is 0.661. The molecular weight excluding hydrogens is 234 g/mol. The van der Waals surface area contributed by atoms with E-state index in [9.17, 15) is 15.2 Å². The van der Waals surface area contributed by atoms with Gasteiger partial charge in [-0.2, -0.15) is 0 Å². The van der Waals surface area contributed by atoms with Crippen molar-refractivity contribution in [3.05, 3.63) is 33.9 Å². The van der Waals surface area contributed by atoms with Crippen molar-refractivity contribution in [3.8, 4) is 5.75 Å². The van der Waals surface area contributed by atoms with Crippen LogP contribution in [0.4, 0.5) is 5.69 Å². The highest BCUT2D eigenvalue weighted by Crippen LogP contribution is 2.27. The highest BCUT2D eigenvalue weighted by Gasteiger charge is 2.25. The van der Waals surface area contributed by atoms with E-state index >= 15 is 0 Å². The highest BCUT2D eigenvalue weighted by molar-refractivity contribution is 5.44. The number of nitro groups is 1. The Balaban J connectivity index is 2.10. The Morgan fingerprint density at radius 2 is 2.11 bits per heavy atom. The van der Waals surface area contributed by atoms with Gasteiger partial charge >= 0.3 is 0 Å². The molecule has 1 fully saturated rings. The standard InChI is InChI=1S/C13H17NO4/c1-9-8-10(6-7-11(9)14(16)17)18-13-5-3-2-4-12(13)15/h6-8,12-13,15H,2-5H2,1H3. The maximum atomic E-state index is 10.7. The third-order valence-corrected chi connectivity index (χ3v) is 3.32. The molecule has 2 unspecified atom stereocenters. The number of aliphatic hydroxyl groups is 1. The van der Waals surface area contributed by atoms with Crippen LogP contribution < -0.4 is 4.74 Å². The molecule has 18 heavy (non-hydrogen) atoms. The Morgan fingerprint density at radius 3 is 2.72 bits per heavy atom. The topological polar surface area (TPSA) is 72.6 Å². The molecule has 2 rings (SSSR count). The van der Waals surface area contributed by atoms with Gasteiger partial charge in [-0.25, -0.2) is 0 Å². The lowest BCUT2D eigenvalue weighted by molar-refractivity contribution is -0.385. The zero-order valence-electron chi connectivity index (χ0n) is 10.3. The van der Waals surface area contributed by atoms with Gasteiger partial charge in [-0.15, -0.1) is 0 Å². The van der Waals surface area contributed by atoms with Gasteiger partial charge in [-0.1, -0.05) is 6.42 Å². The first-order valence-corrected chi connectivity index (χ1v) is 6.17. The van der Waals surface area contributed by atoms with Crippen molar-refractivity contribution >= 4 is 5.69 Å². The summed E-state index contributed by atoms with van der Waals surface area (Å²) in [6.07, 6.45) is 3.04. The van der Waals surface area contributed by atoms with Gasteiger partial charge in [-0.3, -0.25) is 10.1 Å². The number of aliphatic hydroxyl groups excluding tert-OH is 1. The number of benzene rings is 1. The fourth-order valence-corrected chi connectivity index (χ4v) is 2.30. The minimum absolute atomic E-state index is 0.0894. The number of hydrogen-bond acceptors (Lipinski definition) is 4. The number of hydrogen-bond donors (Lipinski definition) is 1. The predicted octanol–water partition coefficient (Wildman–Crippen LogP) is 2.59. The zero-order chi connectivity index (χ0) is 13.1.